The van der Waals surface area contributed by atoms with E-state index >= 15 is 8.78 Å². The van der Waals surface area contributed by atoms with Crippen LogP contribution in [0.5, 0.6) is 0 Å². The minimum Gasteiger partial charge on any atom is -0.369 e. The summed E-state index contributed by atoms with van der Waals surface area (Å²) in [5.41, 5.74) is 4.73. The number of aromatic amines is 1. The van der Waals surface area contributed by atoms with Gasteiger partial charge in [-0.15, -0.1) is 0 Å². The average Bonchev–Trinajstić information content (AvgIpc) is 3.72. The molecule has 0 saturated carbocycles. The maximum Gasteiger partial charge on any atom is 0.386 e. The van der Waals surface area contributed by atoms with E-state index in [4.69, 9.17) is 45.1 Å². The number of Topliss-reactive ketones (excluding diaryl/α,β-unsaturated/α-hetero) is 1. The molecule has 242 valence electrons. The summed E-state index contributed by atoms with van der Waals surface area (Å²) in [5, 5.41) is 0. The summed E-state index contributed by atoms with van der Waals surface area (Å²) in [6, 6.07) is 0. The van der Waals surface area contributed by atoms with E-state index < -0.39 is 81.5 Å². The van der Waals surface area contributed by atoms with Gasteiger partial charge in [0.05, 0.1) is 25.9 Å². The van der Waals surface area contributed by atoms with Crippen LogP contribution in [0.2, 0.25) is 0 Å². The Labute approximate surface area is 260 Å². The molecule has 7 rings (SSSR count). The lowest BCUT2D eigenvalue weighted by Gasteiger charge is -2.26. The van der Waals surface area contributed by atoms with Gasteiger partial charge in [-0.1, -0.05) is 12.2 Å². The number of ether oxygens (including phenoxy) is 2. The van der Waals surface area contributed by atoms with E-state index in [0.29, 0.717) is 0 Å². The molecule has 3 aromatic rings. The molecule has 4 aliphatic rings. The monoisotopic (exact) mass is 710 g/mol. The van der Waals surface area contributed by atoms with Gasteiger partial charge in [0.2, 0.25) is 5.95 Å². The Morgan fingerprint density at radius 1 is 1.04 bits per heavy atom. The van der Waals surface area contributed by atoms with Gasteiger partial charge in [-0.05, 0) is 11.8 Å². The summed E-state index contributed by atoms with van der Waals surface area (Å²) in [6.45, 7) is -10.3. The van der Waals surface area contributed by atoms with Crippen molar-refractivity contribution in [3.05, 3.63) is 28.7 Å². The molecule has 10 atom stereocenters. The van der Waals surface area contributed by atoms with Gasteiger partial charge in [-0.25, -0.2) is 28.3 Å². The fourth-order valence-corrected chi connectivity index (χ4v) is 8.24. The Hall–Kier alpha value is -2.49. The fourth-order valence-electron chi connectivity index (χ4n) is 5.35. The number of nitrogens with zero attached hydrogens (tertiary/aromatic N) is 6. The van der Waals surface area contributed by atoms with Crippen LogP contribution in [0.3, 0.4) is 0 Å². The van der Waals surface area contributed by atoms with Crippen molar-refractivity contribution in [1.82, 2.24) is 29.1 Å². The van der Waals surface area contributed by atoms with Crippen LogP contribution in [0, 0.1) is 0 Å². The molecule has 7 heterocycles. The molecule has 2 unspecified atom stereocenters. The number of rotatable bonds is 2. The molecule has 0 aromatic carbocycles. The molecule has 0 radical (unpaired) electrons. The number of alkyl halides is 2. The van der Waals surface area contributed by atoms with Crippen LogP contribution >= 0.6 is 25.8 Å². The zero-order chi connectivity index (χ0) is 31.8. The van der Waals surface area contributed by atoms with E-state index in [1.807, 2.05) is 0 Å². The highest BCUT2D eigenvalue weighted by Crippen LogP contribution is 2.59. The van der Waals surface area contributed by atoms with Crippen molar-refractivity contribution in [3.63, 3.8) is 0 Å². The summed E-state index contributed by atoms with van der Waals surface area (Å²) in [5.74, 6) is -0.566. The smallest absolute Gasteiger partial charge is 0.369 e. The van der Waals surface area contributed by atoms with Crippen LogP contribution in [0.4, 0.5) is 20.5 Å². The summed E-state index contributed by atoms with van der Waals surface area (Å²) in [4.78, 5) is 53.8. The molecule has 3 fully saturated rings. The first-order valence-electron chi connectivity index (χ1n) is 13.1. The van der Waals surface area contributed by atoms with Gasteiger partial charge in [0.1, 0.15) is 24.4 Å². The third kappa shape index (κ3) is 5.61. The maximum atomic E-state index is 16.0. The number of aromatic nitrogens is 6. The molecule has 4 aliphatic heterocycles. The van der Waals surface area contributed by atoms with E-state index in [1.165, 1.54) is 10.8 Å². The van der Waals surface area contributed by atoms with Crippen molar-refractivity contribution < 1.29 is 50.6 Å². The number of anilines is 1. The van der Waals surface area contributed by atoms with E-state index in [-0.39, 0.29) is 40.8 Å². The second-order valence-electron chi connectivity index (χ2n) is 10.2. The van der Waals surface area contributed by atoms with Crippen LogP contribution in [0.1, 0.15) is 29.4 Å². The molecule has 3 saturated heterocycles. The van der Waals surface area contributed by atoms with Gasteiger partial charge in [0.25, 0.3) is 5.56 Å². The number of nitrogens with one attached hydrogen (secondary N) is 1. The lowest BCUT2D eigenvalue weighted by atomic mass is 10.1. The number of nitrogens with two attached hydrogens (primary N) is 1. The average molecular weight is 711 g/mol. The summed E-state index contributed by atoms with van der Waals surface area (Å²) >= 11 is 9.09. The van der Waals surface area contributed by atoms with Crippen molar-refractivity contribution in [2.75, 3.05) is 18.9 Å². The van der Waals surface area contributed by atoms with Gasteiger partial charge < -0.3 is 24.6 Å². The predicted octanol–water partition coefficient (Wildman–Crippen LogP) is 1.43. The Kier molecular flexibility index (Phi) is 7.84. The first-order chi connectivity index (χ1) is 21.3. The number of imidazole rings is 2. The van der Waals surface area contributed by atoms with Crippen molar-refractivity contribution in [1.29, 1.82) is 0 Å². The minimum absolute atomic E-state index is 0.00967. The van der Waals surface area contributed by atoms with Crippen molar-refractivity contribution in [2.24, 2.45) is 4.99 Å². The standard InChI is InChI=1S/C21H22F2N8O10P2S2/c22-10-8-3-36-42(34,44)40-14-9(39-19(11(14)23)30-5-26-12-7(32)1-2-25-16(12)30)4-37-43(35,45)41-15(10)20(38-8)31-6-27-13-17(31)28-21(24)29-18(13)33/h2,5-6,8-11,14-15,19-20H,1,3-4H2,(H,34,44)(H,35,45)(H3,24,28,29,33)/t8-,9-,10-,11-,14-,15-,19-,20-,42?,43?/m1/s1. The molecule has 3 aromatic heterocycles. The SMILES string of the molecule is Nc1nc2c(ncn2[C@@H]2O[C@@H]3COP(O)(=S)O[C@H]4[C@@H](F)[C@H](n5cnc6c5N=CCC6=O)O[C@@H]4COP(=O)(S)O[C@@H]2[C@@H]3F)c(=O)[nH]1. The van der Waals surface area contributed by atoms with Crippen molar-refractivity contribution >= 4 is 72.5 Å². The number of aliphatic imine (C=N–C) groups is 1. The Morgan fingerprint density at radius 2 is 1.78 bits per heavy atom. The molecule has 0 aliphatic carbocycles. The maximum absolute atomic E-state index is 16.0. The predicted molar refractivity (Wildman–Crippen MR) is 154 cm³/mol. The van der Waals surface area contributed by atoms with E-state index in [1.54, 1.807) is 0 Å². The van der Waals surface area contributed by atoms with E-state index in [2.05, 4.69) is 37.2 Å². The molecular weight excluding hydrogens is 688 g/mol. The highest BCUT2D eigenvalue weighted by atomic mass is 32.7. The molecule has 4 N–H and O–H groups in total. The number of nitrogen functional groups attached to an aromatic ring is 1. The van der Waals surface area contributed by atoms with Crippen molar-refractivity contribution in [2.45, 2.75) is 55.6 Å². The number of carbonyl (C=O) groups is 1. The van der Waals surface area contributed by atoms with Crippen molar-refractivity contribution in [3.8, 4) is 0 Å². The molecular formula is C21H22F2N8O10P2S2. The second kappa shape index (κ2) is 11.3. The molecule has 0 spiro atoms. The van der Waals surface area contributed by atoms with Crippen LogP contribution in [0.25, 0.3) is 11.2 Å². The van der Waals surface area contributed by atoms with Crippen LogP contribution in [-0.2, 0) is 43.9 Å². The molecule has 0 amide bonds. The molecule has 24 heteroatoms. The second-order valence-corrected chi connectivity index (χ2v) is 15.9. The third-order valence-electron chi connectivity index (χ3n) is 7.37. The Balaban J connectivity index is 1.20. The summed E-state index contributed by atoms with van der Waals surface area (Å²) in [7, 11) is 0. The quantitative estimate of drug-likeness (QED) is 0.218. The first-order valence-corrected chi connectivity index (χ1v) is 18.4. The summed E-state index contributed by atoms with van der Waals surface area (Å²) < 4.78 is 80.9. The van der Waals surface area contributed by atoms with Gasteiger partial charge >= 0.3 is 13.5 Å². The first kappa shape index (κ1) is 31.1. The lowest BCUT2D eigenvalue weighted by molar-refractivity contribution is -0.0581. The normalized spacial score (nSPS) is 38.8. The Morgan fingerprint density at radius 3 is 2.58 bits per heavy atom. The highest BCUT2D eigenvalue weighted by Gasteiger charge is 2.54. The fraction of sp³-hybridized carbons (Fsp3) is 0.524. The number of hydrogen-bond acceptors (Lipinski definition) is 15. The largest absolute Gasteiger partial charge is 0.386 e. The zero-order valence-electron chi connectivity index (χ0n) is 22.4. The summed E-state index contributed by atoms with van der Waals surface area (Å²) in [6.07, 6.45) is -9.84. The highest BCUT2D eigenvalue weighted by molar-refractivity contribution is 8.44. The molecule has 45 heavy (non-hydrogen) atoms. The number of fused-ring (bicyclic) bond motifs is 5. The van der Waals surface area contributed by atoms with Crippen LogP contribution in [0.15, 0.2) is 22.4 Å². The van der Waals surface area contributed by atoms with E-state index in [9.17, 15) is 19.0 Å². The number of thiol groups is 1. The molecule has 2 bridgehead atoms. The van der Waals surface area contributed by atoms with Crippen LogP contribution in [-0.4, -0.2) is 95.9 Å². The third-order valence-corrected chi connectivity index (χ3v) is 10.5. The zero-order valence-corrected chi connectivity index (χ0v) is 25.9. The number of ketones is 1. The minimum atomic E-state index is -4.50. The topological polar surface area (TPSA) is 230 Å². The number of H-pyrrole nitrogens is 1. The van der Waals surface area contributed by atoms with Gasteiger partial charge in [-0.3, -0.25) is 37.3 Å². The number of carbonyl (C=O) groups excluding carboxylic acids is 1. The number of halogens is 2. The van der Waals surface area contributed by atoms with E-state index in [0.717, 1.165) is 17.2 Å². The van der Waals surface area contributed by atoms with Gasteiger partial charge in [0.15, 0.2) is 53.3 Å². The van der Waals surface area contributed by atoms with Gasteiger partial charge in [-0.2, -0.15) is 4.98 Å². The van der Waals surface area contributed by atoms with Crippen LogP contribution < -0.4 is 11.3 Å². The van der Waals surface area contributed by atoms with Gasteiger partial charge in [0, 0.05) is 12.6 Å². The number of hydrogen-bond donors (Lipinski definition) is 4. The lowest BCUT2D eigenvalue weighted by Crippen LogP contribution is -2.34. The molecule has 18 nitrogen and oxygen atoms in total. The Bertz CT molecular complexity index is 1880.